The molecule has 10 nitrogen and oxygen atoms in total. The third-order valence-electron chi connectivity index (χ3n) is 5.93. The first-order valence-corrected chi connectivity index (χ1v) is 12.4. The van der Waals surface area contributed by atoms with Gasteiger partial charge in [-0.1, -0.05) is 56.1 Å². The molecule has 38 heavy (non-hydrogen) atoms. The molecule has 2 rings (SSSR count). The second-order valence-corrected chi connectivity index (χ2v) is 8.92. The molecule has 0 saturated carbocycles. The van der Waals surface area contributed by atoms with Crippen LogP contribution in [0.25, 0.3) is 10.6 Å². The zero-order valence-electron chi connectivity index (χ0n) is 23.2. The molecular weight excluding hydrogens is 635 g/mol. The Kier molecular flexibility index (Phi) is 22.2. The minimum absolute atomic E-state index is 0. The fourth-order valence-corrected chi connectivity index (χ4v) is 3.37. The SMILES string of the molecule is CC(=O)C(C)CCCCNC(=O)[N-]CCCOCC(=O)[N-]Cc1ccc(CC(=O)N2CCC2=O)cc1.[Rb+].[Rb+]. The normalized spacial score (nSPS) is 12.8. The number of ether oxygens (including phenoxy) is 1. The molecule has 1 aliphatic rings. The number of nitrogens with zero attached hydrogens (tertiary/aromatic N) is 3. The van der Waals surface area contributed by atoms with Gasteiger partial charge in [0.1, 0.15) is 5.78 Å². The number of imide groups is 1. The number of β-lactam (4-membered cyclic amide) rings is 1. The number of benzene rings is 1. The van der Waals surface area contributed by atoms with Crippen LogP contribution in [0.2, 0.25) is 0 Å². The first kappa shape index (κ1) is 38.3. The molecule has 1 aromatic carbocycles. The van der Waals surface area contributed by atoms with Crippen molar-refractivity contribution in [3.05, 3.63) is 46.0 Å². The zero-order valence-corrected chi connectivity index (χ0v) is 33.0. The molecule has 1 heterocycles. The van der Waals surface area contributed by atoms with Gasteiger partial charge in [-0.3, -0.25) is 24.1 Å². The number of amides is 5. The molecule has 198 valence electrons. The second-order valence-electron chi connectivity index (χ2n) is 8.92. The third-order valence-corrected chi connectivity index (χ3v) is 5.93. The van der Waals surface area contributed by atoms with Crippen LogP contribution in [0.3, 0.4) is 0 Å². The minimum Gasteiger partial charge on any atom is -0.648 e. The summed E-state index contributed by atoms with van der Waals surface area (Å²) in [4.78, 5) is 59.3. The van der Waals surface area contributed by atoms with Crippen LogP contribution >= 0.6 is 0 Å². The Hall–Kier alpha value is 0.340. The average Bonchev–Trinajstić information content (AvgIpc) is 2.84. The Morgan fingerprint density at radius 2 is 1.71 bits per heavy atom. The summed E-state index contributed by atoms with van der Waals surface area (Å²) in [7, 11) is 0. The summed E-state index contributed by atoms with van der Waals surface area (Å²) in [5.74, 6) is -0.457. The number of Topliss-reactive ketones (excluding diaryl/α,β-unsaturated/α-hetero) is 1. The Labute approximate surface area is 323 Å². The van der Waals surface area contributed by atoms with Gasteiger partial charge in [0.15, 0.2) is 6.03 Å². The van der Waals surface area contributed by atoms with Crippen molar-refractivity contribution in [3.63, 3.8) is 0 Å². The molecule has 0 spiro atoms. The van der Waals surface area contributed by atoms with E-state index in [1.165, 1.54) is 4.90 Å². The van der Waals surface area contributed by atoms with Gasteiger partial charge in [-0.2, -0.15) is 0 Å². The van der Waals surface area contributed by atoms with Crippen molar-refractivity contribution in [2.24, 2.45) is 5.92 Å². The third kappa shape index (κ3) is 16.0. The number of carbonyl (C=O) groups excluding carboxylic acids is 5. The molecule has 12 heteroatoms. The number of likely N-dealkylation sites (tertiary alicyclic amines) is 1. The maximum absolute atomic E-state index is 12.0. The van der Waals surface area contributed by atoms with E-state index in [0.717, 1.165) is 30.4 Å². The fraction of sp³-hybridized carbons (Fsp3) is 0.577. The maximum atomic E-state index is 12.0. The minimum atomic E-state index is -0.376. The molecule has 1 atom stereocenters. The van der Waals surface area contributed by atoms with Crippen molar-refractivity contribution in [1.29, 1.82) is 0 Å². The number of ketones is 1. The summed E-state index contributed by atoms with van der Waals surface area (Å²) in [6.45, 7) is 5.19. The van der Waals surface area contributed by atoms with Crippen LogP contribution in [0.15, 0.2) is 24.3 Å². The molecule has 1 fully saturated rings. The van der Waals surface area contributed by atoms with Crippen LogP contribution in [0, 0.1) is 5.92 Å². The summed E-state index contributed by atoms with van der Waals surface area (Å²) < 4.78 is 5.30. The molecule has 0 aromatic heterocycles. The van der Waals surface area contributed by atoms with E-state index >= 15 is 0 Å². The van der Waals surface area contributed by atoms with Crippen LogP contribution in [-0.4, -0.2) is 67.3 Å². The van der Waals surface area contributed by atoms with Gasteiger partial charge in [0, 0.05) is 25.5 Å². The predicted octanol–water partition coefficient (Wildman–Crippen LogP) is -2.72. The molecule has 0 aliphatic carbocycles. The first-order valence-electron chi connectivity index (χ1n) is 12.4. The van der Waals surface area contributed by atoms with E-state index in [2.05, 4.69) is 16.0 Å². The van der Waals surface area contributed by atoms with Crippen molar-refractivity contribution in [2.75, 3.05) is 32.8 Å². The van der Waals surface area contributed by atoms with Crippen LogP contribution in [-0.2, 0) is 36.9 Å². The maximum Gasteiger partial charge on any atom is 1.00 e. The van der Waals surface area contributed by atoms with E-state index in [0.29, 0.717) is 39.1 Å². The summed E-state index contributed by atoms with van der Waals surface area (Å²) in [5.41, 5.74) is 1.63. The van der Waals surface area contributed by atoms with Gasteiger partial charge < -0.3 is 25.5 Å². The standard InChI is InChI=1S/C26H38N4O6.2Rb/c1-19(20(2)31)6-3-4-12-27-26(35)28-13-5-15-36-18-23(32)29-17-22-9-7-21(8-10-22)16-25(34)30-14-11-24(30)33;;/h7-10,19H,3-6,11-18H2,1-2H3,(H3,27,28,29,32,35);;/q;2*+1/p-2. The molecule has 0 radical (unpaired) electrons. The predicted molar refractivity (Wildman–Crippen MR) is 134 cm³/mol. The number of nitrogens with one attached hydrogen (secondary N) is 1. The summed E-state index contributed by atoms with van der Waals surface area (Å²) in [6, 6.07) is 6.82. The molecule has 1 unspecified atom stereocenters. The van der Waals surface area contributed by atoms with Gasteiger partial charge in [0.05, 0.1) is 18.9 Å². The van der Waals surface area contributed by atoms with Gasteiger partial charge in [-0.05, 0) is 31.9 Å². The van der Waals surface area contributed by atoms with Crippen LogP contribution in [0.5, 0.6) is 0 Å². The average molecular weight is 672 g/mol. The van der Waals surface area contributed by atoms with Crippen molar-refractivity contribution in [2.45, 2.75) is 58.9 Å². The van der Waals surface area contributed by atoms with E-state index in [1.807, 2.05) is 6.92 Å². The Bertz CT molecular complexity index is 914. The van der Waals surface area contributed by atoms with Gasteiger partial charge >= 0.3 is 116 Å². The van der Waals surface area contributed by atoms with Crippen molar-refractivity contribution in [3.8, 4) is 0 Å². The fourth-order valence-electron chi connectivity index (χ4n) is 3.37. The Balaban J connectivity index is 0.00000684. The van der Waals surface area contributed by atoms with Crippen molar-refractivity contribution < 1.29 is 145 Å². The smallest absolute Gasteiger partial charge is 0.648 e. The molecule has 1 aromatic rings. The Morgan fingerprint density at radius 1 is 1.03 bits per heavy atom. The van der Waals surface area contributed by atoms with Crippen molar-refractivity contribution in [1.82, 2.24) is 10.2 Å². The Morgan fingerprint density at radius 3 is 2.32 bits per heavy atom. The number of hydrogen-bond donors (Lipinski definition) is 1. The topological polar surface area (TPSA) is 138 Å². The number of rotatable bonds is 16. The molecule has 1 aliphatic heterocycles. The van der Waals surface area contributed by atoms with E-state index in [1.54, 1.807) is 31.2 Å². The molecule has 5 amide bonds. The molecule has 1 N–H and O–H groups in total. The molecular formula is C26H36N4O6Rb2. The second kappa shape index (κ2) is 22.0. The largest absolute Gasteiger partial charge is 1.00 e. The molecule has 0 bridgehead atoms. The zero-order chi connectivity index (χ0) is 26.3. The monoisotopic (exact) mass is 670 g/mol. The molecule has 1 saturated heterocycles. The van der Waals surface area contributed by atoms with Gasteiger partial charge in [-0.25, -0.2) is 0 Å². The van der Waals surface area contributed by atoms with E-state index < -0.39 is 0 Å². The quantitative estimate of drug-likeness (QED) is 0.150. The van der Waals surface area contributed by atoms with E-state index in [-0.39, 0.29) is 171 Å². The van der Waals surface area contributed by atoms with Crippen LogP contribution < -0.4 is 122 Å². The number of urea groups is 1. The summed E-state index contributed by atoms with van der Waals surface area (Å²) in [5, 5.41) is 10.6. The number of unbranched alkanes of at least 4 members (excludes halogenated alkanes) is 1. The van der Waals surface area contributed by atoms with Gasteiger partial charge in [0.2, 0.25) is 11.8 Å². The van der Waals surface area contributed by atoms with Crippen LogP contribution in [0.1, 0.15) is 57.1 Å². The van der Waals surface area contributed by atoms with E-state index in [4.69, 9.17) is 4.74 Å². The van der Waals surface area contributed by atoms with E-state index in [9.17, 15) is 24.0 Å². The van der Waals surface area contributed by atoms with Gasteiger partial charge in [-0.15, -0.1) is 6.54 Å². The summed E-state index contributed by atoms with van der Waals surface area (Å²) >= 11 is 0. The summed E-state index contributed by atoms with van der Waals surface area (Å²) in [6.07, 6.45) is 3.62. The number of carbonyl (C=O) groups is 5. The first-order chi connectivity index (χ1) is 17.3. The number of hydrogen-bond acceptors (Lipinski definition) is 6. The van der Waals surface area contributed by atoms with Gasteiger partial charge in [0.25, 0.3) is 0 Å². The van der Waals surface area contributed by atoms with Crippen LogP contribution in [0.4, 0.5) is 4.79 Å². The van der Waals surface area contributed by atoms with Crippen molar-refractivity contribution >= 4 is 29.5 Å².